The molecule has 0 aliphatic heterocycles. The topological polar surface area (TPSA) is 118 Å². The van der Waals surface area contributed by atoms with Gasteiger partial charge >= 0.3 is 5.97 Å². The molecule has 8 nitrogen and oxygen atoms in total. The van der Waals surface area contributed by atoms with E-state index in [0.717, 1.165) is 57.8 Å². The molecule has 0 unspecified atom stereocenters. The van der Waals surface area contributed by atoms with Crippen LogP contribution in [0.2, 0.25) is 0 Å². The summed E-state index contributed by atoms with van der Waals surface area (Å²) in [5.41, 5.74) is 10.6. The molecule has 0 saturated heterocycles. The van der Waals surface area contributed by atoms with Crippen LogP contribution in [0.4, 0.5) is 17.3 Å². The monoisotopic (exact) mass is 478 g/mol. The van der Waals surface area contributed by atoms with E-state index in [1.165, 1.54) is 0 Å². The van der Waals surface area contributed by atoms with Crippen molar-refractivity contribution < 1.29 is 9.90 Å². The zero-order valence-corrected chi connectivity index (χ0v) is 19.6. The summed E-state index contributed by atoms with van der Waals surface area (Å²) in [6, 6.07) is 20.0. The van der Waals surface area contributed by atoms with Crippen molar-refractivity contribution in [2.75, 3.05) is 11.1 Å². The lowest BCUT2D eigenvalue weighted by molar-refractivity contribution is -0.142. The number of rotatable bonds is 5. The molecule has 0 bridgehead atoms. The number of carboxylic acids is 1. The summed E-state index contributed by atoms with van der Waals surface area (Å²) in [4.78, 5) is 25.5. The van der Waals surface area contributed by atoms with Gasteiger partial charge in [-0.05, 0) is 56.0 Å². The van der Waals surface area contributed by atoms with Crippen LogP contribution >= 0.6 is 0 Å². The Morgan fingerprint density at radius 1 is 1.00 bits per heavy atom. The van der Waals surface area contributed by atoms with Crippen molar-refractivity contribution in [1.82, 2.24) is 19.4 Å². The minimum atomic E-state index is -0.704. The largest absolute Gasteiger partial charge is 0.481 e. The molecule has 3 heterocycles. The van der Waals surface area contributed by atoms with Gasteiger partial charge in [-0.1, -0.05) is 30.3 Å². The number of hydrogen-bond acceptors (Lipinski definition) is 6. The SMILES string of the molecule is Nc1nc(-c2ccc3ccc(Nc4ccccc4)nc3c2)cn2c(C3CCC(C(=O)O)CC3)ncc12. The number of anilines is 3. The zero-order chi connectivity index (χ0) is 24.6. The highest BCUT2D eigenvalue weighted by molar-refractivity contribution is 5.85. The molecular formula is C28H26N6O2. The fourth-order valence-electron chi connectivity index (χ4n) is 5.09. The summed E-state index contributed by atoms with van der Waals surface area (Å²) >= 11 is 0. The first-order chi connectivity index (χ1) is 17.5. The van der Waals surface area contributed by atoms with Crippen LogP contribution in [0.1, 0.15) is 37.4 Å². The van der Waals surface area contributed by atoms with Gasteiger partial charge in [0.2, 0.25) is 0 Å². The van der Waals surface area contributed by atoms with E-state index in [0.29, 0.717) is 18.7 Å². The Kier molecular flexibility index (Phi) is 5.48. The van der Waals surface area contributed by atoms with E-state index < -0.39 is 5.97 Å². The Morgan fingerprint density at radius 3 is 2.56 bits per heavy atom. The van der Waals surface area contributed by atoms with Crippen molar-refractivity contribution in [3.05, 3.63) is 78.9 Å². The molecule has 1 saturated carbocycles. The average molecular weight is 479 g/mol. The lowest BCUT2D eigenvalue weighted by Crippen LogP contribution is -2.21. The van der Waals surface area contributed by atoms with Crippen LogP contribution in [0, 0.1) is 5.92 Å². The van der Waals surface area contributed by atoms with Crippen LogP contribution in [-0.4, -0.2) is 30.4 Å². The van der Waals surface area contributed by atoms with Crippen LogP contribution in [0.5, 0.6) is 0 Å². The standard InChI is InChI=1S/C28H26N6O2/c29-26-24-15-30-27(18-7-9-19(10-8-18)28(35)36)34(24)16-23(33-26)20-11-6-17-12-13-25(32-22(17)14-20)31-21-4-2-1-3-5-21/h1-6,11-16,18-19H,7-10H2,(H2,29,33)(H,31,32)(H,35,36). The van der Waals surface area contributed by atoms with Crippen molar-refractivity contribution in [2.24, 2.45) is 5.92 Å². The number of nitrogens with one attached hydrogen (secondary N) is 1. The molecule has 180 valence electrons. The maximum absolute atomic E-state index is 11.4. The normalized spacial score (nSPS) is 17.9. The summed E-state index contributed by atoms with van der Waals surface area (Å²) < 4.78 is 2.02. The molecule has 0 radical (unpaired) electrons. The number of aromatic nitrogens is 4. The summed E-state index contributed by atoms with van der Waals surface area (Å²) in [6.45, 7) is 0. The Labute approximate surface area is 207 Å². The highest BCUT2D eigenvalue weighted by Crippen LogP contribution is 2.36. The molecule has 1 fully saturated rings. The average Bonchev–Trinajstić information content (AvgIpc) is 3.33. The highest BCUT2D eigenvalue weighted by atomic mass is 16.4. The number of para-hydroxylation sites is 1. The zero-order valence-electron chi connectivity index (χ0n) is 19.6. The number of fused-ring (bicyclic) bond motifs is 2. The second kappa shape index (κ2) is 8.96. The molecular weight excluding hydrogens is 452 g/mol. The van der Waals surface area contributed by atoms with Gasteiger partial charge in [-0.15, -0.1) is 0 Å². The van der Waals surface area contributed by atoms with Crippen molar-refractivity contribution in [1.29, 1.82) is 0 Å². The minimum absolute atomic E-state index is 0.197. The van der Waals surface area contributed by atoms with Gasteiger partial charge in [-0.3, -0.25) is 9.20 Å². The lowest BCUT2D eigenvalue weighted by Gasteiger charge is -2.25. The summed E-state index contributed by atoms with van der Waals surface area (Å²) in [6.07, 6.45) is 6.66. The number of hydrogen-bond donors (Lipinski definition) is 3. The number of benzene rings is 2. The summed E-state index contributed by atoms with van der Waals surface area (Å²) in [5.74, 6) is 1.33. The molecule has 8 heteroatoms. The number of pyridine rings is 1. The number of imidazole rings is 1. The third kappa shape index (κ3) is 4.11. The van der Waals surface area contributed by atoms with Gasteiger partial charge in [0.25, 0.3) is 0 Å². The van der Waals surface area contributed by atoms with E-state index in [2.05, 4.69) is 15.3 Å². The first-order valence-corrected chi connectivity index (χ1v) is 12.1. The van der Waals surface area contributed by atoms with Gasteiger partial charge in [-0.2, -0.15) is 0 Å². The Bertz CT molecular complexity index is 1570. The molecule has 0 spiro atoms. The Balaban J connectivity index is 1.34. The van der Waals surface area contributed by atoms with Gasteiger partial charge < -0.3 is 16.2 Å². The number of nitrogens with two attached hydrogens (primary N) is 1. The van der Waals surface area contributed by atoms with E-state index >= 15 is 0 Å². The maximum atomic E-state index is 11.4. The maximum Gasteiger partial charge on any atom is 0.306 e. The second-order valence-corrected chi connectivity index (χ2v) is 9.36. The Hall–Kier alpha value is -4.46. The van der Waals surface area contributed by atoms with E-state index in [1.807, 2.05) is 71.3 Å². The van der Waals surface area contributed by atoms with E-state index in [4.69, 9.17) is 10.7 Å². The number of aliphatic carboxylic acids is 1. The molecule has 1 aliphatic rings. The third-order valence-corrected chi connectivity index (χ3v) is 7.06. The minimum Gasteiger partial charge on any atom is -0.481 e. The van der Waals surface area contributed by atoms with Gasteiger partial charge in [0, 0.05) is 28.8 Å². The van der Waals surface area contributed by atoms with Crippen molar-refractivity contribution in [3.63, 3.8) is 0 Å². The first kappa shape index (κ1) is 22.0. The van der Waals surface area contributed by atoms with E-state index in [9.17, 15) is 9.90 Å². The smallest absolute Gasteiger partial charge is 0.306 e. The molecule has 5 aromatic rings. The van der Waals surface area contributed by atoms with E-state index in [1.54, 1.807) is 6.20 Å². The van der Waals surface area contributed by atoms with Gasteiger partial charge in [-0.25, -0.2) is 15.0 Å². The third-order valence-electron chi connectivity index (χ3n) is 7.06. The molecule has 4 N–H and O–H groups in total. The predicted molar refractivity (Wildman–Crippen MR) is 140 cm³/mol. The van der Waals surface area contributed by atoms with Crippen LogP contribution < -0.4 is 11.1 Å². The first-order valence-electron chi connectivity index (χ1n) is 12.1. The van der Waals surface area contributed by atoms with Gasteiger partial charge in [0.15, 0.2) is 0 Å². The number of nitrogen functional groups attached to an aromatic ring is 1. The van der Waals surface area contributed by atoms with Crippen LogP contribution in [-0.2, 0) is 4.79 Å². The van der Waals surface area contributed by atoms with Crippen LogP contribution in [0.25, 0.3) is 27.7 Å². The van der Waals surface area contributed by atoms with Crippen LogP contribution in [0.3, 0.4) is 0 Å². The number of nitrogens with zero attached hydrogens (tertiary/aromatic N) is 4. The Morgan fingerprint density at radius 2 is 1.78 bits per heavy atom. The van der Waals surface area contributed by atoms with Crippen LogP contribution in [0.15, 0.2) is 73.1 Å². The molecule has 2 aromatic carbocycles. The molecule has 36 heavy (non-hydrogen) atoms. The fourth-order valence-corrected chi connectivity index (χ4v) is 5.09. The van der Waals surface area contributed by atoms with E-state index in [-0.39, 0.29) is 11.8 Å². The molecule has 6 rings (SSSR count). The second-order valence-electron chi connectivity index (χ2n) is 9.36. The van der Waals surface area contributed by atoms with Crippen molar-refractivity contribution in [3.8, 4) is 11.3 Å². The number of carboxylic acid groups (broad SMARTS) is 1. The van der Waals surface area contributed by atoms with Gasteiger partial charge in [0.1, 0.15) is 23.0 Å². The van der Waals surface area contributed by atoms with Crippen molar-refractivity contribution >= 4 is 39.7 Å². The molecule has 3 aromatic heterocycles. The highest BCUT2D eigenvalue weighted by Gasteiger charge is 2.29. The summed E-state index contributed by atoms with van der Waals surface area (Å²) in [5, 5.41) is 13.7. The molecule has 1 aliphatic carbocycles. The lowest BCUT2D eigenvalue weighted by atomic mass is 9.81. The van der Waals surface area contributed by atoms with Crippen molar-refractivity contribution in [2.45, 2.75) is 31.6 Å². The fraction of sp³-hybridized carbons (Fsp3) is 0.214. The molecule has 0 atom stereocenters. The quantitative estimate of drug-likeness (QED) is 0.300. The molecule has 0 amide bonds. The number of carbonyl (C=O) groups is 1. The summed E-state index contributed by atoms with van der Waals surface area (Å²) in [7, 11) is 0. The van der Waals surface area contributed by atoms with Gasteiger partial charge in [0.05, 0.1) is 23.3 Å². The predicted octanol–water partition coefficient (Wildman–Crippen LogP) is 5.63.